The zero-order chi connectivity index (χ0) is 25.5. The lowest BCUT2D eigenvalue weighted by molar-refractivity contribution is -0.184. The Balaban J connectivity index is 1.48. The van der Waals surface area contributed by atoms with Crippen molar-refractivity contribution in [3.05, 3.63) is 47.7 Å². The van der Waals surface area contributed by atoms with Gasteiger partial charge in [0.1, 0.15) is 17.3 Å². The number of carboxylic acids is 1. The number of fused-ring (bicyclic) bond motifs is 1. The van der Waals surface area contributed by atoms with Crippen LogP contribution in [0.5, 0.6) is 11.5 Å². The van der Waals surface area contributed by atoms with Crippen molar-refractivity contribution in [2.45, 2.75) is 70.3 Å². The van der Waals surface area contributed by atoms with Crippen LogP contribution in [-0.2, 0) is 20.7 Å². The summed E-state index contributed by atoms with van der Waals surface area (Å²) in [4.78, 5) is 11.7. The molecule has 0 saturated carbocycles. The van der Waals surface area contributed by atoms with E-state index in [2.05, 4.69) is 0 Å². The maximum Gasteiger partial charge on any atom is 0.422 e. The Morgan fingerprint density at radius 1 is 1.20 bits per heavy atom. The molecule has 3 unspecified atom stereocenters. The van der Waals surface area contributed by atoms with Gasteiger partial charge in [0.15, 0.2) is 12.2 Å². The highest BCUT2D eigenvalue weighted by Crippen LogP contribution is 2.38. The Hall–Kier alpha value is -2.68. The molecular formula is C26H33F3O6. The van der Waals surface area contributed by atoms with Crippen molar-refractivity contribution in [1.82, 2.24) is 0 Å². The smallest absolute Gasteiger partial charge is 0.422 e. The number of aliphatic carboxylic acids is 1. The summed E-state index contributed by atoms with van der Waals surface area (Å²) >= 11 is 0. The van der Waals surface area contributed by atoms with Gasteiger partial charge >= 0.3 is 12.1 Å². The number of hydrogen-bond acceptors (Lipinski definition) is 5. The minimum absolute atomic E-state index is 0.143. The molecule has 3 atom stereocenters. The molecular weight excluding hydrogens is 465 g/mol. The van der Waals surface area contributed by atoms with Crippen LogP contribution in [0.1, 0.15) is 51.5 Å². The first-order valence-corrected chi connectivity index (χ1v) is 12.0. The quantitative estimate of drug-likeness (QED) is 0.365. The Kier molecular flexibility index (Phi) is 9.10. The molecule has 0 spiro atoms. The third kappa shape index (κ3) is 7.40. The predicted octanol–water partition coefficient (Wildman–Crippen LogP) is 5.85. The van der Waals surface area contributed by atoms with Crippen molar-refractivity contribution in [1.29, 1.82) is 0 Å². The van der Waals surface area contributed by atoms with Gasteiger partial charge in [-0.05, 0) is 61.6 Å². The molecule has 1 aromatic rings. The number of ether oxygens (including phenoxy) is 4. The van der Waals surface area contributed by atoms with Gasteiger partial charge in [0.2, 0.25) is 0 Å². The van der Waals surface area contributed by atoms with Gasteiger partial charge in [-0.1, -0.05) is 26.3 Å². The predicted molar refractivity (Wildman–Crippen MR) is 124 cm³/mol. The number of aryl methyl sites for hydroxylation is 1. The second kappa shape index (κ2) is 11.8. The number of halogens is 3. The van der Waals surface area contributed by atoms with Gasteiger partial charge in [-0.25, -0.2) is 4.79 Å². The van der Waals surface area contributed by atoms with Crippen LogP contribution in [0, 0.1) is 5.92 Å². The number of benzene rings is 1. The molecule has 194 valence electrons. The van der Waals surface area contributed by atoms with Crippen LogP contribution in [0.2, 0.25) is 0 Å². The number of alkyl halides is 3. The van der Waals surface area contributed by atoms with Crippen molar-refractivity contribution in [2.75, 3.05) is 19.8 Å². The first-order valence-electron chi connectivity index (χ1n) is 12.0. The van der Waals surface area contributed by atoms with Crippen LogP contribution in [0.25, 0.3) is 0 Å². The molecule has 9 heteroatoms. The molecule has 1 aromatic carbocycles. The van der Waals surface area contributed by atoms with Gasteiger partial charge in [0, 0.05) is 12.3 Å². The van der Waals surface area contributed by atoms with Crippen LogP contribution in [0.15, 0.2) is 42.2 Å². The fourth-order valence-electron chi connectivity index (χ4n) is 4.28. The van der Waals surface area contributed by atoms with E-state index in [-0.39, 0.29) is 17.8 Å². The maximum atomic E-state index is 12.4. The first kappa shape index (κ1) is 26.9. The van der Waals surface area contributed by atoms with Crippen molar-refractivity contribution in [3.8, 4) is 11.5 Å². The van der Waals surface area contributed by atoms with Crippen LogP contribution in [0.3, 0.4) is 0 Å². The van der Waals surface area contributed by atoms with Crippen molar-refractivity contribution < 1.29 is 42.0 Å². The third-order valence-electron chi connectivity index (χ3n) is 6.23. The van der Waals surface area contributed by atoms with Crippen molar-refractivity contribution in [3.63, 3.8) is 0 Å². The van der Waals surface area contributed by atoms with Crippen molar-refractivity contribution >= 4 is 5.97 Å². The van der Waals surface area contributed by atoms with E-state index in [0.29, 0.717) is 50.4 Å². The van der Waals surface area contributed by atoms with Crippen molar-refractivity contribution in [2.24, 2.45) is 5.92 Å². The molecule has 0 bridgehead atoms. The molecule has 0 amide bonds. The summed E-state index contributed by atoms with van der Waals surface area (Å²) in [7, 11) is 0. The molecule has 1 heterocycles. The average Bonchev–Trinajstić information content (AvgIpc) is 2.82. The SMILES string of the molecule is CCCc1cc(OCC(F)(F)F)ccc1OCCCOC1=CC2OC(CC)(C(=O)O)CCC2C=C1. The monoisotopic (exact) mass is 498 g/mol. The minimum atomic E-state index is -4.39. The van der Waals surface area contributed by atoms with E-state index in [4.69, 9.17) is 18.9 Å². The fourth-order valence-corrected chi connectivity index (χ4v) is 4.28. The van der Waals surface area contributed by atoms with E-state index in [1.807, 2.05) is 32.1 Å². The molecule has 1 aliphatic carbocycles. The fraction of sp³-hybridized carbons (Fsp3) is 0.577. The topological polar surface area (TPSA) is 74.2 Å². The molecule has 1 saturated heterocycles. The zero-order valence-electron chi connectivity index (χ0n) is 20.1. The second-order valence-electron chi connectivity index (χ2n) is 8.84. The number of rotatable bonds is 12. The van der Waals surface area contributed by atoms with E-state index in [1.165, 1.54) is 6.07 Å². The summed E-state index contributed by atoms with van der Waals surface area (Å²) in [5, 5.41) is 9.61. The molecule has 0 aromatic heterocycles. The van der Waals surface area contributed by atoms with E-state index >= 15 is 0 Å². The zero-order valence-corrected chi connectivity index (χ0v) is 20.1. The molecule has 1 fully saturated rings. The highest BCUT2D eigenvalue weighted by molar-refractivity contribution is 5.77. The summed E-state index contributed by atoms with van der Waals surface area (Å²) < 4.78 is 59.7. The van der Waals surface area contributed by atoms with Gasteiger partial charge in [-0.15, -0.1) is 0 Å². The molecule has 35 heavy (non-hydrogen) atoms. The highest BCUT2D eigenvalue weighted by atomic mass is 19.4. The van der Waals surface area contributed by atoms with Gasteiger partial charge in [-0.2, -0.15) is 13.2 Å². The molecule has 0 radical (unpaired) electrons. The molecule has 1 N–H and O–H groups in total. The summed E-state index contributed by atoms with van der Waals surface area (Å²) in [6, 6.07) is 4.70. The average molecular weight is 499 g/mol. The van der Waals surface area contributed by atoms with E-state index < -0.39 is 24.4 Å². The third-order valence-corrected chi connectivity index (χ3v) is 6.23. The standard InChI is InChI=1S/C26H33F3O6/c1-3-6-19-15-20(34-17-26(27,28)29)9-10-22(19)33-14-5-13-32-21-8-7-18-11-12-25(4-2,24(30)31)35-23(18)16-21/h7-10,15-16,18,23H,3-6,11-14,17H2,1-2H3,(H,30,31). The van der Waals surface area contributed by atoms with Gasteiger partial charge < -0.3 is 24.1 Å². The normalized spacial score (nSPS) is 23.9. The summed E-state index contributed by atoms with van der Waals surface area (Å²) in [6.07, 6.45) is 4.74. The number of hydrogen-bond donors (Lipinski definition) is 1. The number of allylic oxidation sites excluding steroid dienone is 1. The largest absolute Gasteiger partial charge is 0.494 e. The second-order valence-corrected chi connectivity index (χ2v) is 8.84. The van der Waals surface area contributed by atoms with Crippen LogP contribution in [-0.4, -0.2) is 48.8 Å². The minimum Gasteiger partial charge on any atom is -0.494 e. The molecule has 2 aliphatic rings. The Morgan fingerprint density at radius 2 is 1.97 bits per heavy atom. The van der Waals surface area contributed by atoms with Gasteiger partial charge in [0.25, 0.3) is 0 Å². The van der Waals surface area contributed by atoms with Gasteiger partial charge in [0.05, 0.1) is 19.3 Å². The maximum absolute atomic E-state index is 12.4. The van der Waals surface area contributed by atoms with E-state index in [9.17, 15) is 23.1 Å². The summed E-state index contributed by atoms with van der Waals surface area (Å²) in [5.74, 6) is 0.635. The van der Waals surface area contributed by atoms with Crippen LogP contribution < -0.4 is 9.47 Å². The highest BCUT2D eigenvalue weighted by Gasteiger charge is 2.45. The van der Waals surface area contributed by atoms with Crippen LogP contribution in [0.4, 0.5) is 13.2 Å². The lowest BCUT2D eigenvalue weighted by Gasteiger charge is -2.41. The number of carbonyl (C=O) groups is 1. The van der Waals surface area contributed by atoms with Crippen LogP contribution >= 0.6 is 0 Å². The summed E-state index contributed by atoms with van der Waals surface area (Å²) in [5.41, 5.74) is -0.352. The Morgan fingerprint density at radius 3 is 2.66 bits per heavy atom. The summed E-state index contributed by atoms with van der Waals surface area (Å²) in [6.45, 7) is 3.23. The molecule has 1 aliphatic heterocycles. The molecule has 3 rings (SSSR count). The Labute approximate surface area is 203 Å². The van der Waals surface area contributed by atoms with E-state index in [0.717, 1.165) is 18.4 Å². The molecule has 6 nitrogen and oxygen atoms in total. The first-order chi connectivity index (χ1) is 16.7. The number of carboxylic acid groups (broad SMARTS) is 1. The van der Waals surface area contributed by atoms with E-state index in [1.54, 1.807) is 12.1 Å². The Bertz CT molecular complexity index is 926. The van der Waals surface area contributed by atoms with Gasteiger partial charge in [-0.3, -0.25) is 0 Å². The lowest BCUT2D eigenvalue weighted by atomic mass is 9.81. The lowest BCUT2D eigenvalue weighted by Crippen LogP contribution is -2.49.